The predicted octanol–water partition coefficient (Wildman–Crippen LogP) is 11.1. The van der Waals surface area contributed by atoms with Gasteiger partial charge in [-0.05, 0) is 55.3 Å². The van der Waals surface area contributed by atoms with Gasteiger partial charge in [0.1, 0.15) is 23.3 Å². The minimum absolute atomic E-state index is 0.0103. The van der Waals surface area contributed by atoms with E-state index in [1.165, 1.54) is 12.1 Å². The number of anilines is 3. The molecule has 1 aliphatic heterocycles. The maximum Gasteiger partial charge on any atom is 0.212 e. The smallest absolute Gasteiger partial charge is 0.212 e. The number of hydrogen-bond donors (Lipinski definition) is 1. The third-order valence-electron chi connectivity index (χ3n) is 11.4. The number of pyridine rings is 3. The molecule has 0 aliphatic carbocycles. The maximum atomic E-state index is 15.6. The van der Waals surface area contributed by atoms with Gasteiger partial charge in [0.05, 0.1) is 74.0 Å². The number of nitrogens with one attached hydrogen (secondary N) is 1. The molecule has 1 saturated heterocycles. The largest absolute Gasteiger partial charge is 0.481 e. The highest BCUT2D eigenvalue weighted by Crippen LogP contribution is 2.42. The summed E-state index contributed by atoms with van der Waals surface area (Å²) in [5.74, 6) is -2.72. The van der Waals surface area contributed by atoms with Crippen LogP contribution in [0.3, 0.4) is 0 Å². The van der Waals surface area contributed by atoms with Crippen LogP contribution in [-0.4, -0.2) is 77.7 Å². The van der Waals surface area contributed by atoms with E-state index in [4.69, 9.17) is 21.1 Å². The van der Waals surface area contributed by atoms with Crippen LogP contribution < -0.4 is 15.0 Å². The topological polar surface area (TPSA) is 141 Å². The molecule has 0 radical (unpaired) electrons. The fraction of sp³-hybridized carbons (Fsp3) is 0.180. The average molecular weight is 984 g/mol. The zero-order chi connectivity index (χ0) is 48.7. The Morgan fingerprint density at radius 1 is 0.676 bits per heavy atom. The molecule has 9 rings (SSSR count). The first-order valence-electron chi connectivity index (χ1n) is 20.9. The van der Waals surface area contributed by atoms with Crippen LogP contribution in [-0.2, 0) is 24.4 Å². The fourth-order valence-corrected chi connectivity index (χ4v) is 10.2. The number of fused-ring (bicyclic) bond motifs is 2. The number of ether oxygens (including phenoxy) is 2. The third-order valence-corrected chi connectivity index (χ3v) is 14.2. The van der Waals surface area contributed by atoms with E-state index in [2.05, 4.69) is 25.2 Å². The molecule has 5 aromatic carbocycles. The Morgan fingerprint density at radius 3 is 1.76 bits per heavy atom. The molecule has 4 heterocycles. The molecule has 1 N–H and O–H groups in total. The summed E-state index contributed by atoms with van der Waals surface area (Å²) in [5.41, 5.74) is 5.72. The lowest BCUT2D eigenvalue weighted by Gasteiger charge is -2.30. The highest BCUT2D eigenvalue weighted by molar-refractivity contribution is 7.91. The highest BCUT2D eigenvalue weighted by Gasteiger charge is 2.25. The molecule has 18 heteroatoms. The van der Waals surface area contributed by atoms with E-state index in [-0.39, 0.29) is 42.3 Å². The van der Waals surface area contributed by atoms with Gasteiger partial charge in [0.2, 0.25) is 5.88 Å². The standard InChI is InChI=1S/C33H30F2N4O4S.C17H12ClF2NO2S/c1-20-32(25-6-4-5-7-29(25)44(3,40)41)38-28-17-22(34)16-26(35)31(28)33(20)37-27-18-23(39-12-14-43-15-13-39)9-10-24(27)21-8-11-30(42-2)36-19-21;1-9-16(18)15-12(20)7-10(19)8-13(15)21-17(9)11-5-3-4-6-14(11)24(2,22)23/h4-11,16-19H,12-15H2,1-3H3,(H,37,38);3-8H,1-2H3. The molecular weight excluding hydrogens is 942 g/mol. The Labute approximate surface area is 395 Å². The Morgan fingerprint density at radius 2 is 1.22 bits per heavy atom. The molecule has 0 bridgehead atoms. The zero-order valence-corrected chi connectivity index (χ0v) is 39.6. The van der Waals surface area contributed by atoms with Crippen LogP contribution in [0, 0.1) is 37.1 Å². The second kappa shape index (κ2) is 19.1. The minimum atomic E-state index is -3.65. The molecular formula is C50H42ClF4N5O6S2. The summed E-state index contributed by atoms with van der Waals surface area (Å²) in [7, 11) is -5.62. The summed E-state index contributed by atoms with van der Waals surface area (Å²) in [6, 6.07) is 26.1. The van der Waals surface area contributed by atoms with Gasteiger partial charge >= 0.3 is 0 Å². The summed E-state index contributed by atoms with van der Waals surface area (Å²) in [6.07, 6.45) is 3.89. The van der Waals surface area contributed by atoms with Crippen LogP contribution in [0.5, 0.6) is 5.88 Å². The van der Waals surface area contributed by atoms with Crippen molar-refractivity contribution in [2.45, 2.75) is 23.6 Å². The van der Waals surface area contributed by atoms with Crippen LogP contribution in [0.25, 0.3) is 55.4 Å². The van der Waals surface area contributed by atoms with E-state index in [0.717, 1.165) is 53.6 Å². The van der Waals surface area contributed by atoms with E-state index in [1.54, 1.807) is 69.6 Å². The molecule has 0 atom stereocenters. The fourth-order valence-electron chi connectivity index (χ4n) is 8.12. The molecule has 1 fully saturated rings. The maximum absolute atomic E-state index is 15.6. The van der Waals surface area contributed by atoms with Gasteiger partial charge in [-0.3, -0.25) is 0 Å². The van der Waals surface area contributed by atoms with Gasteiger partial charge in [0.15, 0.2) is 19.7 Å². The summed E-state index contributed by atoms with van der Waals surface area (Å²) in [6.45, 7) is 5.97. The molecule has 1 aliphatic rings. The van der Waals surface area contributed by atoms with Gasteiger partial charge in [-0.15, -0.1) is 0 Å². The van der Waals surface area contributed by atoms with Gasteiger partial charge in [0, 0.05) is 95.8 Å². The number of benzene rings is 5. The van der Waals surface area contributed by atoms with Crippen molar-refractivity contribution in [1.82, 2.24) is 15.0 Å². The van der Waals surface area contributed by atoms with Crippen molar-refractivity contribution in [3.63, 3.8) is 0 Å². The monoisotopic (exact) mass is 983 g/mol. The second-order valence-corrected chi connectivity index (χ2v) is 20.3. The molecule has 0 unspecified atom stereocenters. The van der Waals surface area contributed by atoms with Gasteiger partial charge < -0.3 is 19.7 Å². The van der Waals surface area contributed by atoms with E-state index < -0.39 is 42.9 Å². The van der Waals surface area contributed by atoms with Crippen molar-refractivity contribution in [3.8, 4) is 39.5 Å². The van der Waals surface area contributed by atoms with Crippen molar-refractivity contribution in [3.05, 3.63) is 149 Å². The summed E-state index contributed by atoms with van der Waals surface area (Å²) in [5, 5.41) is 3.62. The van der Waals surface area contributed by atoms with Crippen molar-refractivity contribution < 1.29 is 43.9 Å². The van der Waals surface area contributed by atoms with Gasteiger partial charge in [0.25, 0.3) is 0 Å². The third kappa shape index (κ3) is 9.69. The molecule has 8 aromatic rings. The normalized spacial score (nSPS) is 13.1. The first-order valence-corrected chi connectivity index (χ1v) is 25.1. The first-order chi connectivity index (χ1) is 32.3. The van der Waals surface area contributed by atoms with Gasteiger partial charge in [-0.2, -0.15) is 0 Å². The molecule has 3 aromatic heterocycles. The molecule has 0 saturated carbocycles. The zero-order valence-electron chi connectivity index (χ0n) is 37.2. The molecule has 0 amide bonds. The Bertz CT molecular complexity index is 3510. The Kier molecular flexibility index (Phi) is 13.5. The van der Waals surface area contributed by atoms with Gasteiger partial charge in [-0.1, -0.05) is 54.1 Å². The van der Waals surface area contributed by atoms with Crippen molar-refractivity contribution in [2.24, 2.45) is 0 Å². The minimum Gasteiger partial charge on any atom is -0.481 e. The summed E-state index contributed by atoms with van der Waals surface area (Å²) < 4.78 is 118. The van der Waals surface area contributed by atoms with E-state index in [9.17, 15) is 30.0 Å². The van der Waals surface area contributed by atoms with Crippen LogP contribution in [0.15, 0.2) is 119 Å². The van der Waals surface area contributed by atoms with E-state index in [1.807, 2.05) is 24.3 Å². The van der Waals surface area contributed by atoms with Crippen LogP contribution >= 0.6 is 11.6 Å². The number of hydrogen-bond acceptors (Lipinski definition) is 11. The number of methoxy groups -OCH3 is 1. The number of nitrogens with zero attached hydrogens (tertiary/aromatic N) is 4. The SMILES string of the molecule is COc1ccc(-c2ccc(N3CCOCC3)cc2Nc2c(C)c(-c3ccccc3S(C)(=O)=O)nc3cc(F)cc(F)c23)cn1.Cc1c(-c2ccccc2S(C)(=O)=O)nc2cc(F)cc(F)c2c1Cl. The second-order valence-electron chi connectivity index (χ2n) is 16.0. The summed E-state index contributed by atoms with van der Waals surface area (Å²) >= 11 is 6.25. The molecule has 0 spiro atoms. The summed E-state index contributed by atoms with van der Waals surface area (Å²) in [4.78, 5) is 15.6. The van der Waals surface area contributed by atoms with Crippen molar-refractivity contribution in [2.75, 3.05) is 56.1 Å². The lowest BCUT2D eigenvalue weighted by atomic mass is 9.99. The average Bonchev–Trinajstić information content (AvgIpc) is 3.30. The lowest BCUT2D eigenvalue weighted by Crippen LogP contribution is -2.36. The van der Waals surface area contributed by atoms with E-state index in [0.29, 0.717) is 71.5 Å². The Hall–Kier alpha value is -6.66. The van der Waals surface area contributed by atoms with Crippen molar-refractivity contribution in [1.29, 1.82) is 0 Å². The number of rotatable bonds is 9. The van der Waals surface area contributed by atoms with E-state index >= 15 is 4.39 Å². The quantitative estimate of drug-likeness (QED) is 0.138. The predicted molar refractivity (Wildman–Crippen MR) is 257 cm³/mol. The van der Waals surface area contributed by atoms with Crippen LogP contribution in [0.1, 0.15) is 11.1 Å². The number of morpholine rings is 1. The van der Waals surface area contributed by atoms with Gasteiger partial charge in [-0.25, -0.2) is 49.3 Å². The Balaban J connectivity index is 0.000000219. The van der Waals surface area contributed by atoms with Crippen LogP contribution in [0.4, 0.5) is 34.6 Å². The number of sulfone groups is 2. The number of aromatic nitrogens is 3. The molecule has 11 nitrogen and oxygen atoms in total. The van der Waals surface area contributed by atoms with Crippen molar-refractivity contribution >= 4 is 70.1 Å². The first kappa shape index (κ1) is 47.8. The lowest BCUT2D eigenvalue weighted by molar-refractivity contribution is 0.122. The number of halogens is 5. The molecule has 68 heavy (non-hydrogen) atoms. The highest BCUT2D eigenvalue weighted by atomic mass is 35.5. The molecule has 350 valence electrons. The van der Waals surface area contributed by atoms with Crippen LogP contribution in [0.2, 0.25) is 5.02 Å².